The first kappa shape index (κ1) is 25.0. The van der Waals surface area contributed by atoms with Crippen molar-refractivity contribution in [1.29, 1.82) is 5.26 Å². The number of fused-ring (bicyclic) bond motifs is 2. The Labute approximate surface area is 206 Å². The van der Waals surface area contributed by atoms with E-state index in [2.05, 4.69) is 5.10 Å². The number of aromatic nitrogens is 3. The summed E-state index contributed by atoms with van der Waals surface area (Å²) in [6.45, 7) is 7.94. The largest absolute Gasteiger partial charge is 0.493 e. The van der Waals surface area contributed by atoms with Gasteiger partial charge < -0.3 is 14.6 Å². The molecular weight excluding hydrogens is 470 g/mol. The Bertz CT molecular complexity index is 1510. The zero-order valence-corrected chi connectivity index (χ0v) is 20.5. The molecule has 10 heteroatoms. The second-order valence-electron chi connectivity index (χ2n) is 9.52. The average molecular weight is 497 g/mol. The fourth-order valence-electron chi connectivity index (χ4n) is 4.24. The van der Waals surface area contributed by atoms with Crippen molar-refractivity contribution in [3.63, 3.8) is 0 Å². The maximum absolute atomic E-state index is 13.1. The summed E-state index contributed by atoms with van der Waals surface area (Å²) in [4.78, 5) is 12.9. The lowest BCUT2D eigenvalue weighted by Gasteiger charge is -2.22. The molecule has 188 valence electrons. The molecule has 1 unspecified atom stereocenters. The molecule has 2 heterocycles. The van der Waals surface area contributed by atoms with Crippen LogP contribution in [-0.4, -0.2) is 44.2 Å². The van der Waals surface area contributed by atoms with Gasteiger partial charge in [-0.2, -0.15) is 10.4 Å². The van der Waals surface area contributed by atoms with E-state index in [1.807, 2.05) is 6.07 Å². The van der Waals surface area contributed by atoms with Crippen LogP contribution in [0.5, 0.6) is 11.6 Å². The highest BCUT2D eigenvalue weighted by atomic mass is 19.3. The lowest BCUT2D eigenvalue weighted by molar-refractivity contribution is 0.0544. The highest BCUT2D eigenvalue weighted by molar-refractivity contribution is 5.95. The van der Waals surface area contributed by atoms with Crippen molar-refractivity contribution < 1.29 is 28.2 Å². The smallest absolute Gasteiger partial charge is 0.419 e. The molecule has 0 aliphatic heterocycles. The van der Waals surface area contributed by atoms with Crippen LogP contribution in [0.2, 0.25) is 0 Å². The number of halogens is 2. The van der Waals surface area contributed by atoms with Gasteiger partial charge >= 0.3 is 6.09 Å². The van der Waals surface area contributed by atoms with Gasteiger partial charge in [0.2, 0.25) is 5.88 Å². The first-order valence-electron chi connectivity index (χ1n) is 11.3. The normalized spacial score (nSPS) is 12.8. The number of nitriles is 1. The Morgan fingerprint density at radius 1 is 1.22 bits per heavy atom. The van der Waals surface area contributed by atoms with Crippen molar-refractivity contribution in [3.05, 3.63) is 53.2 Å². The second kappa shape index (κ2) is 9.15. The van der Waals surface area contributed by atoms with E-state index in [1.165, 1.54) is 15.3 Å². The number of carbonyl (C=O) groups excluding carboxylic acids is 1. The number of hydrogen-bond donors (Lipinski definition) is 1. The first-order chi connectivity index (χ1) is 16.9. The third-order valence-electron chi connectivity index (χ3n) is 5.70. The summed E-state index contributed by atoms with van der Waals surface area (Å²) in [6.07, 6.45) is -1.73. The van der Waals surface area contributed by atoms with Crippen LogP contribution in [0.15, 0.2) is 36.5 Å². The Morgan fingerprint density at radius 2 is 1.94 bits per heavy atom. The molecule has 4 rings (SSSR count). The fourth-order valence-corrected chi connectivity index (χ4v) is 4.24. The summed E-state index contributed by atoms with van der Waals surface area (Å²) in [5.74, 6) is 0.00104. The number of carbonyl (C=O) groups is 1. The summed E-state index contributed by atoms with van der Waals surface area (Å²) in [7, 11) is 0. The predicted octanol–water partition coefficient (Wildman–Crippen LogP) is 5.91. The Kier molecular flexibility index (Phi) is 6.35. The standard InChI is InChI=1S/C26H26F2N4O4/c1-14-10-20(35-13-21(27)28)22(17-8-9-31(23(14)17)25(34)36-26(3,4)5)15(2)32-24(33)18-11-16(12-29)6-7-19(18)30-32/h6-11,15,21,33H,13H2,1-5H3. The third-order valence-corrected chi connectivity index (χ3v) is 5.70. The van der Waals surface area contributed by atoms with Gasteiger partial charge in [0, 0.05) is 17.1 Å². The van der Waals surface area contributed by atoms with Crippen molar-refractivity contribution in [2.45, 2.75) is 52.7 Å². The molecular formula is C26H26F2N4O4. The lowest BCUT2D eigenvalue weighted by Crippen LogP contribution is -2.26. The summed E-state index contributed by atoms with van der Waals surface area (Å²) in [5.41, 5.74) is 1.71. The van der Waals surface area contributed by atoms with Crippen LogP contribution in [0.4, 0.5) is 13.6 Å². The number of aromatic hydroxyl groups is 1. The van der Waals surface area contributed by atoms with Gasteiger partial charge in [-0.3, -0.25) is 4.57 Å². The molecule has 0 bridgehead atoms. The van der Waals surface area contributed by atoms with Crippen molar-refractivity contribution in [2.24, 2.45) is 0 Å². The van der Waals surface area contributed by atoms with Crippen molar-refractivity contribution in [3.8, 4) is 17.7 Å². The van der Waals surface area contributed by atoms with E-state index in [0.717, 1.165) is 0 Å². The monoisotopic (exact) mass is 496 g/mol. The van der Waals surface area contributed by atoms with Crippen LogP contribution in [0.3, 0.4) is 0 Å². The number of ether oxygens (including phenoxy) is 2. The van der Waals surface area contributed by atoms with Crippen LogP contribution in [0.1, 0.15) is 50.4 Å². The van der Waals surface area contributed by atoms with E-state index in [0.29, 0.717) is 38.5 Å². The number of hydrogen-bond acceptors (Lipinski definition) is 6. The highest BCUT2D eigenvalue weighted by Gasteiger charge is 2.27. The zero-order chi connectivity index (χ0) is 26.4. The maximum atomic E-state index is 13.1. The van der Waals surface area contributed by atoms with Crippen molar-refractivity contribution in [1.82, 2.24) is 14.3 Å². The van der Waals surface area contributed by atoms with Crippen molar-refractivity contribution in [2.75, 3.05) is 6.61 Å². The van der Waals surface area contributed by atoms with E-state index < -0.39 is 30.8 Å². The van der Waals surface area contributed by atoms with Crippen LogP contribution in [0.25, 0.3) is 21.8 Å². The van der Waals surface area contributed by atoms with Crippen molar-refractivity contribution >= 4 is 27.9 Å². The summed E-state index contributed by atoms with van der Waals surface area (Å²) >= 11 is 0. The van der Waals surface area contributed by atoms with Gasteiger partial charge in [-0.1, -0.05) is 0 Å². The maximum Gasteiger partial charge on any atom is 0.419 e. The van der Waals surface area contributed by atoms with Crippen LogP contribution >= 0.6 is 0 Å². The minimum Gasteiger partial charge on any atom is -0.493 e. The minimum absolute atomic E-state index is 0.185. The summed E-state index contributed by atoms with van der Waals surface area (Å²) in [5, 5.41) is 25.6. The Balaban J connectivity index is 1.92. The number of nitrogens with zero attached hydrogens (tertiary/aromatic N) is 4. The molecule has 2 aromatic carbocycles. The summed E-state index contributed by atoms with van der Waals surface area (Å²) in [6, 6.07) is 9.35. The molecule has 1 atom stereocenters. The van der Waals surface area contributed by atoms with Crippen LogP contribution < -0.4 is 4.74 Å². The number of rotatable bonds is 5. The van der Waals surface area contributed by atoms with Gasteiger partial charge in [0.1, 0.15) is 18.0 Å². The molecule has 1 N–H and O–H groups in total. The zero-order valence-electron chi connectivity index (χ0n) is 20.5. The highest BCUT2D eigenvalue weighted by Crippen LogP contribution is 2.40. The molecule has 2 aromatic heterocycles. The predicted molar refractivity (Wildman–Crippen MR) is 130 cm³/mol. The molecule has 0 aliphatic carbocycles. The van der Waals surface area contributed by atoms with E-state index in [4.69, 9.17) is 9.47 Å². The van der Waals surface area contributed by atoms with Gasteiger partial charge in [0.05, 0.1) is 34.1 Å². The number of alkyl halides is 2. The molecule has 8 nitrogen and oxygen atoms in total. The molecule has 0 radical (unpaired) electrons. The van der Waals surface area contributed by atoms with E-state index >= 15 is 0 Å². The van der Waals surface area contributed by atoms with Gasteiger partial charge in [-0.25, -0.2) is 18.3 Å². The molecule has 0 amide bonds. The molecule has 4 aromatic rings. The van der Waals surface area contributed by atoms with Gasteiger partial charge in [-0.15, -0.1) is 0 Å². The van der Waals surface area contributed by atoms with E-state index in [-0.39, 0.29) is 11.6 Å². The van der Waals surface area contributed by atoms with Gasteiger partial charge in [-0.05, 0) is 70.5 Å². The average Bonchev–Trinajstić information content (AvgIpc) is 3.38. The first-order valence-corrected chi connectivity index (χ1v) is 11.3. The third kappa shape index (κ3) is 4.56. The number of benzene rings is 2. The van der Waals surface area contributed by atoms with E-state index in [9.17, 15) is 23.9 Å². The minimum atomic E-state index is -2.69. The molecule has 36 heavy (non-hydrogen) atoms. The fraction of sp³-hybridized carbons (Fsp3) is 0.346. The molecule has 0 spiro atoms. The lowest BCUT2D eigenvalue weighted by atomic mass is 9.99. The van der Waals surface area contributed by atoms with Gasteiger partial charge in [0.15, 0.2) is 0 Å². The SMILES string of the molecule is Cc1cc(OCC(F)F)c(C(C)n2nc3ccc(C#N)cc3c2O)c2ccn(C(=O)OC(C)(C)C)c12. The number of aryl methyl sites for hydroxylation is 1. The van der Waals surface area contributed by atoms with E-state index in [1.54, 1.807) is 65.1 Å². The van der Waals surface area contributed by atoms with Crippen LogP contribution in [0, 0.1) is 18.3 Å². The molecule has 0 saturated carbocycles. The van der Waals surface area contributed by atoms with Gasteiger partial charge in [0.25, 0.3) is 6.43 Å². The van der Waals surface area contributed by atoms with Crippen LogP contribution in [-0.2, 0) is 4.74 Å². The Hall–Kier alpha value is -4.13. The molecule has 0 aliphatic rings. The Morgan fingerprint density at radius 3 is 2.58 bits per heavy atom. The topological polar surface area (TPSA) is 102 Å². The summed E-state index contributed by atoms with van der Waals surface area (Å²) < 4.78 is 39.8. The quantitative estimate of drug-likeness (QED) is 0.368. The molecule has 0 saturated heterocycles. The second-order valence-corrected chi connectivity index (χ2v) is 9.52. The molecule has 0 fully saturated rings.